The van der Waals surface area contributed by atoms with Crippen LogP contribution in [0.5, 0.6) is 11.5 Å². The lowest BCUT2D eigenvalue weighted by Gasteiger charge is -2.15. The Labute approximate surface area is 159 Å². The molecule has 0 aliphatic heterocycles. The molecule has 4 heteroatoms. The van der Waals surface area contributed by atoms with Crippen molar-refractivity contribution in [2.45, 2.75) is 26.6 Å². The number of para-hydroxylation sites is 1. The van der Waals surface area contributed by atoms with Gasteiger partial charge in [-0.25, -0.2) is 4.79 Å². The number of benzene rings is 3. The lowest BCUT2D eigenvalue weighted by molar-refractivity contribution is 0.0692. The highest BCUT2D eigenvalue weighted by Crippen LogP contribution is 2.35. The van der Waals surface area contributed by atoms with Crippen LogP contribution in [0, 0.1) is 0 Å². The fourth-order valence-electron chi connectivity index (χ4n) is 2.80. The topological polar surface area (TPSA) is 55.8 Å². The van der Waals surface area contributed by atoms with Crippen molar-refractivity contribution in [2.24, 2.45) is 0 Å². The molecule has 0 aliphatic rings. The third-order valence-corrected chi connectivity index (χ3v) is 4.01. The molecule has 3 aromatic rings. The molecule has 0 aromatic heterocycles. The second kappa shape index (κ2) is 8.41. The van der Waals surface area contributed by atoms with Gasteiger partial charge in [0.1, 0.15) is 23.7 Å². The summed E-state index contributed by atoms with van der Waals surface area (Å²) >= 11 is 0. The van der Waals surface area contributed by atoms with Crippen LogP contribution in [0.4, 0.5) is 0 Å². The summed E-state index contributed by atoms with van der Waals surface area (Å²) in [6, 6.07) is 22.4. The minimum absolute atomic E-state index is 0.0935. The summed E-state index contributed by atoms with van der Waals surface area (Å²) in [6.07, 6.45) is 0.0935. The first-order chi connectivity index (χ1) is 13.0. The fourth-order valence-corrected chi connectivity index (χ4v) is 2.80. The van der Waals surface area contributed by atoms with Crippen LogP contribution in [0.2, 0.25) is 0 Å². The van der Waals surface area contributed by atoms with E-state index in [-0.39, 0.29) is 11.7 Å². The maximum atomic E-state index is 11.7. The molecule has 4 nitrogen and oxygen atoms in total. The molecule has 0 atom stereocenters. The third-order valence-electron chi connectivity index (χ3n) is 4.01. The summed E-state index contributed by atoms with van der Waals surface area (Å²) in [5, 5.41) is 9.58. The Morgan fingerprint density at radius 1 is 0.926 bits per heavy atom. The molecule has 0 saturated heterocycles. The van der Waals surface area contributed by atoms with Crippen LogP contribution in [0.15, 0.2) is 72.8 Å². The average Bonchev–Trinajstić information content (AvgIpc) is 2.67. The smallest absolute Gasteiger partial charge is 0.339 e. The molecule has 0 bridgehead atoms. The molecule has 0 unspecified atom stereocenters. The Hall–Kier alpha value is -3.27. The van der Waals surface area contributed by atoms with Crippen LogP contribution in [0.3, 0.4) is 0 Å². The zero-order chi connectivity index (χ0) is 19.2. The number of ether oxygens (including phenoxy) is 2. The Bertz CT molecular complexity index is 899. The van der Waals surface area contributed by atoms with E-state index in [9.17, 15) is 9.90 Å². The van der Waals surface area contributed by atoms with E-state index in [4.69, 9.17) is 9.47 Å². The first kappa shape index (κ1) is 18.5. The largest absolute Gasteiger partial charge is 0.491 e. The zero-order valence-electron chi connectivity index (χ0n) is 15.4. The van der Waals surface area contributed by atoms with E-state index < -0.39 is 5.97 Å². The summed E-state index contributed by atoms with van der Waals surface area (Å²) in [5.74, 6) is 0.126. The van der Waals surface area contributed by atoms with Crippen LogP contribution in [0.1, 0.15) is 29.8 Å². The zero-order valence-corrected chi connectivity index (χ0v) is 15.4. The van der Waals surface area contributed by atoms with E-state index in [0.717, 1.165) is 22.4 Å². The highest BCUT2D eigenvalue weighted by Gasteiger charge is 2.17. The van der Waals surface area contributed by atoms with E-state index in [1.807, 2.05) is 74.5 Å². The maximum Gasteiger partial charge on any atom is 0.339 e. The highest BCUT2D eigenvalue weighted by atomic mass is 16.5. The first-order valence-corrected chi connectivity index (χ1v) is 8.84. The van der Waals surface area contributed by atoms with Crippen molar-refractivity contribution >= 4 is 5.97 Å². The molecule has 138 valence electrons. The van der Waals surface area contributed by atoms with Gasteiger partial charge in [0.15, 0.2) is 0 Å². The van der Waals surface area contributed by atoms with Crippen LogP contribution >= 0.6 is 0 Å². The molecule has 0 heterocycles. The molecule has 27 heavy (non-hydrogen) atoms. The van der Waals surface area contributed by atoms with Gasteiger partial charge in [-0.05, 0) is 43.2 Å². The van der Waals surface area contributed by atoms with E-state index in [0.29, 0.717) is 12.4 Å². The lowest BCUT2D eigenvalue weighted by atomic mass is 10.0. The lowest BCUT2D eigenvalue weighted by Crippen LogP contribution is -2.06. The summed E-state index contributed by atoms with van der Waals surface area (Å²) in [4.78, 5) is 11.7. The van der Waals surface area contributed by atoms with Gasteiger partial charge in [-0.15, -0.1) is 0 Å². The van der Waals surface area contributed by atoms with Gasteiger partial charge in [0, 0.05) is 5.56 Å². The second-order valence-electron chi connectivity index (χ2n) is 6.45. The van der Waals surface area contributed by atoms with E-state index >= 15 is 0 Å². The maximum absolute atomic E-state index is 11.7. The summed E-state index contributed by atoms with van der Waals surface area (Å²) in [6.45, 7) is 4.24. The van der Waals surface area contributed by atoms with Crippen molar-refractivity contribution in [3.8, 4) is 22.6 Å². The molecule has 3 rings (SSSR count). The third kappa shape index (κ3) is 4.67. The van der Waals surface area contributed by atoms with Crippen molar-refractivity contribution in [2.75, 3.05) is 0 Å². The molecule has 3 aromatic carbocycles. The van der Waals surface area contributed by atoms with Gasteiger partial charge in [-0.1, -0.05) is 54.6 Å². The molecule has 0 amide bonds. The van der Waals surface area contributed by atoms with Crippen LogP contribution < -0.4 is 9.47 Å². The van der Waals surface area contributed by atoms with E-state index in [1.165, 1.54) is 0 Å². The molecular formula is C23H22O4. The summed E-state index contributed by atoms with van der Waals surface area (Å²) in [5.41, 5.74) is 2.73. The van der Waals surface area contributed by atoms with Gasteiger partial charge in [0.2, 0.25) is 0 Å². The monoisotopic (exact) mass is 362 g/mol. The van der Waals surface area contributed by atoms with Gasteiger partial charge in [-0.3, -0.25) is 0 Å². The average molecular weight is 362 g/mol. The van der Waals surface area contributed by atoms with Crippen molar-refractivity contribution in [1.29, 1.82) is 0 Å². The van der Waals surface area contributed by atoms with Crippen molar-refractivity contribution < 1.29 is 19.4 Å². The normalized spacial score (nSPS) is 10.6. The van der Waals surface area contributed by atoms with Crippen LogP contribution in [-0.2, 0) is 6.61 Å². The van der Waals surface area contributed by atoms with Gasteiger partial charge in [0.25, 0.3) is 0 Å². The van der Waals surface area contributed by atoms with Gasteiger partial charge < -0.3 is 14.6 Å². The van der Waals surface area contributed by atoms with Crippen molar-refractivity contribution in [1.82, 2.24) is 0 Å². The Balaban J connectivity index is 1.94. The fraction of sp³-hybridized carbons (Fsp3) is 0.174. The first-order valence-electron chi connectivity index (χ1n) is 8.84. The number of carbonyl (C=O) groups is 1. The van der Waals surface area contributed by atoms with Gasteiger partial charge >= 0.3 is 5.97 Å². The molecule has 1 N–H and O–H groups in total. The number of carboxylic acids is 1. The molecular weight excluding hydrogens is 340 g/mol. The number of carboxylic acid groups (broad SMARTS) is 1. The van der Waals surface area contributed by atoms with Crippen molar-refractivity contribution in [3.05, 3.63) is 83.9 Å². The Kier molecular flexibility index (Phi) is 5.77. The highest BCUT2D eigenvalue weighted by molar-refractivity contribution is 5.94. The minimum atomic E-state index is -1.01. The molecule has 0 spiro atoms. The van der Waals surface area contributed by atoms with Crippen LogP contribution in [-0.4, -0.2) is 17.2 Å². The van der Waals surface area contributed by atoms with Crippen molar-refractivity contribution in [3.63, 3.8) is 0 Å². The summed E-state index contributed by atoms with van der Waals surface area (Å²) in [7, 11) is 0. The van der Waals surface area contributed by atoms with Crippen LogP contribution in [0.25, 0.3) is 11.1 Å². The predicted molar refractivity (Wildman–Crippen MR) is 105 cm³/mol. The Morgan fingerprint density at radius 2 is 1.63 bits per heavy atom. The number of hydrogen-bond acceptors (Lipinski definition) is 3. The molecule has 0 aliphatic carbocycles. The van der Waals surface area contributed by atoms with Gasteiger partial charge in [0.05, 0.1) is 6.10 Å². The Morgan fingerprint density at radius 3 is 2.26 bits per heavy atom. The number of rotatable bonds is 7. The SMILES string of the molecule is CC(C)Oc1ccc(-c2cccc(C(=O)O)c2OCc2ccccc2)cc1. The number of hydrogen-bond donors (Lipinski definition) is 1. The molecule has 0 saturated carbocycles. The quantitative estimate of drug-likeness (QED) is 0.610. The standard InChI is InChI=1S/C23H22O4/c1-16(2)27-19-13-11-18(12-14-19)20-9-6-10-21(23(24)25)22(20)26-15-17-7-4-3-5-8-17/h3-14,16H,15H2,1-2H3,(H,24,25). The van der Waals surface area contributed by atoms with Gasteiger partial charge in [-0.2, -0.15) is 0 Å². The molecule has 0 radical (unpaired) electrons. The predicted octanol–water partition coefficient (Wildman–Crippen LogP) is 5.42. The van der Waals surface area contributed by atoms with E-state index in [1.54, 1.807) is 12.1 Å². The molecule has 0 fully saturated rings. The van der Waals surface area contributed by atoms with E-state index in [2.05, 4.69) is 0 Å². The minimum Gasteiger partial charge on any atom is -0.491 e. The second-order valence-corrected chi connectivity index (χ2v) is 6.45. The summed E-state index contributed by atoms with van der Waals surface area (Å²) < 4.78 is 11.6. The number of aromatic carboxylic acids is 1.